The maximum Gasteiger partial charge on any atom is 0.459 e. The number of azide groups is 1. The quantitative estimate of drug-likeness (QED) is 0.0903. The van der Waals surface area contributed by atoms with E-state index in [1.54, 1.807) is 36.4 Å². The number of nitrogen functional groups attached to an aromatic ring is 1. The molecule has 44 heavy (non-hydrogen) atoms. The minimum atomic E-state index is -4.64. The van der Waals surface area contributed by atoms with E-state index < -0.39 is 56.3 Å². The van der Waals surface area contributed by atoms with Crippen molar-refractivity contribution >= 4 is 30.3 Å². The van der Waals surface area contributed by atoms with Gasteiger partial charge in [-0.1, -0.05) is 62.3 Å². The number of aromatic nitrogens is 2. The molecule has 0 aliphatic carbocycles. The van der Waals surface area contributed by atoms with Crippen molar-refractivity contribution in [2.75, 3.05) is 18.9 Å². The summed E-state index contributed by atoms with van der Waals surface area (Å²) in [6.07, 6.45) is -5.27. The number of halogens is 1. The molecular weight excluding hydrogens is 600 g/mol. The van der Waals surface area contributed by atoms with E-state index >= 15 is 4.39 Å². The monoisotopic (exact) mass is 633 g/mol. The van der Waals surface area contributed by atoms with Crippen LogP contribution in [0.25, 0.3) is 21.2 Å². The van der Waals surface area contributed by atoms with E-state index in [1.165, 1.54) is 19.1 Å². The third-order valence-electron chi connectivity index (χ3n) is 6.46. The lowest BCUT2D eigenvalue weighted by Gasteiger charge is -2.30. The molecule has 2 heterocycles. The van der Waals surface area contributed by atoms with Crippen molar-refractivity contribution in [2.24, 2.45) is 10.5 Å². The number of benzene rings is 2. The Balaban J connectivity index is 1.66. The molecule has 0 saturated carbocycles. The maximum absolute atomic E-state index is 15.4. The molecule has 0 amide bonds. The Morgan fingerprint density at radius 3 is 2.70 bits per heavy atom. The fourth-order valence-electron chi connectivity index (χ4n) is 4.26. The Labute approximate surface area is 251 Å². The molecule has 3 aromatic rings. The zero-order valence-electron chi connectivity index (χ0n) is 24.4. The van der Waals surface area contributed by atoms with Crippen LogP contribution in [0.3, 0.4) is 0 Å². The molecule has 17 heteroatoms. The highest BCUT2D eigenvalue weighted by Crippen LogP contribution is 2.49. The summed E-state index contributed by atoms with van der Waals surface area (Å²) in [6.45, 7) is 5.97. The van der Waals surface area contributed by atoms with Gasteiger partial charge in [0.25, 0.3) is 0 Å². The summed E-state index contributed by atoms with van der Waals surface area (Å²) in [5.74, 6) is -0.815. The van der Waals surface area contributed by atoms with Gasteiger partial charge in [-0.3, -0.25) is 13.9 Å². The molecule has 0 bridgehead atoms. The number of carbonyl (C=O) groups is 1. The molecule has 2 aromatic carbocycles. The van der Waals surface area contributed by atoms with Crippen LogP contribution < -0.4 is 21.0 Å². The van der Waals surface area contributed by atoms with Gasteiger partial charge in [-0.05, 0) is 35.4 Å². The molecule has 1 fully saturated rings. The molecule has 15 nitrogen and oxygen atoms in total. The van der Waals surface area contributed by atoms with Crippen LogP contribution in [-0.2, 0) is 23.4 Å². The molecule has 4 rings (SSSR count). The van der Waals surface area contributed by atoms with Crippen LogP contribution in [0.2, 0.25) is 0 Å². The average molecular weight is 634 g/mol. The van der Waals surface area contributed by atoms with E-state index in [0.717, 1.165) is 11.6 Å². The van der Waals surface area contributed by atoms with Gasteiger partial charge in [-0.25, -0.2) is 13.8 Å². The molecule has 1 aliphatic heterocycles. The zero-order chi connectivity index (χ0) is 32.3. The second-order valence-electron chi connectivity index (χ2n) is 11.3. The van der Waals surface area contributed by atoms with Crippen molar-refractivity contribution in [2.45, 2.75) is 58.0 Å². The highest BCUT2D eigenvalue weighted by molar-refractivity contribution is 7.52. The lowest BCUT2D eigenvalue weighted by molar-refractivity contribution is -0.148. The van der Waals surface area contributed by atoms with E-state index in [0.29, 0.717) is 9.95 Å². The minimum absolute atomic E-state index is 0.0614. The first-order valence-corrected chi connectivity index (χ1v) is 15.0. The largest absolute Gasteiger partial charge is 0.464 e. The normalized spacial score (nSPS) is 23.8. The van der Waals surface area contributed by atoms with E-state index in [4.69, 9.17) is 24.3 Å². The van der Waals surface area contributed by atoms with Crippen LogP contribution in [0.5, 0.6) is 5.75 Å². The van der Waals surface area contributed by atoms with Gasteiger partial charge in [0.05, 0.1) is 13.2 Å². The van der Waals surface area contributed by atoms with Crippen LogP contribution in [0.4, 0.5) is 10.2 Å². The van der Waals surface area contributed by atoms with Crippen molar-refractivity contribution in [3.63, 3.8) is 0 Å². The average Bonchev–Trinajstić information content (AvgIpc) is 3.20. The van der Waals surface area contributed by atoms with Crippen molar-refractivity contribution in [3.8, 4) is 5.75 Å². The van der Waals surface area contributed by atoms with E-state index in [-0.39, 0.29) is 23.6 Å². The van der Waals surface area contributed by atoms with Crippen LogP contribution in [0.1, 0.15) is 33.9 Å². The summed E-state index contributed by atoms with van der Waals surface area (Å²) >= 11 is 0. The lowest BCUT2D eigenvalue weighted by Crippen LogP contribution is -2.45. The van der Waals surface area contributed by atoms with Crippen LogP contribution in [0.15, 0.2) is 64.6 Å². The van der Waals surface area contributed by atoms with E-state index in [1.807, 2.05) is 20.8 Å². The van der Waals surface area contributed by atoms with Crippen molar-refractivity contribution < 1.29 is 37.4 Å². The molecule has 6 atom stereocenters. The highest BCUT2D eigenvalue weighted by atomic mass is 31.2. The molecule has 1 saturated heterocycles. The molecule has 1 aliphatic rings. The summed E-state index contributed by atoms with van der Waals surface area (Å²) in [6, 6.07) is 11.9. The topological polar surface area (TPSA) is 213 Å². The summed E-state index contributed by atoms with van der Waals surface area (Å²) in [7, 11) is -4.64. The van der Waals surface area contributed by atoms with Crippen LogP contribution in [0, 0.1) is 5.41 Å². The van der Waals surface area contributed by atoms with Gasteiger partial charge in [0, 0.05) is 16.5 Å². The molecule has 0 radical (unpaired) electrons. The number of carbonyl (C=O) groups excluding carboxylic acids is 1. The first-order valence-electron chi connectivity index (χ1n) is 13.4. The molecular formula is C27H33FN7O8P. The third-order valence-corrected chi connectivity index (χ3v) is 8.07. The van der Waals surface area contributed by atoms with Gasteiger partial charge < -0.3 is 24.8 Å². The second-order valence-corrected chi connectivity index (χ2v) is 13.0. The summed E-state index contributed by atoms with van der Waals surface area (Å²) in [5.41, 5.74) is 10.9. The molecule has 0 spiro atoms. The fraction of sp³-hybridized carbons (Fsp3) is 0.444. The Kier molecular flexibility index (Phi) is 9.64. The Bertz CT molecular complexity index is 1670. The first-order chi connectivity index (χ1) is 20.7. The highest BCUT2D eigenvalue weighted by Gasteiger charge is 2.57. The Morgan fingerprint density at radius 2 is 2.02 bits per heavy atom. The van der Waals surface area contributed by atoms with Crippen molar-refractivity contribution in [1.29, 1.82) is 0 Å². The summed E-state index contributed by atoms with van der Waals surface area (Å²) in [4.78, 5) is 31.3. The number of anilines is 1. The van der Waals surface area contributed by atoms with Gasteiger partial charge >= 0.3 is 19.4 Å². The predicted octanol–water partition coefficient (Wildman–Crippen LogP) is 3.98. The van der Waals surface area contributed by atoms with Gasteiger partial charge in [0.1, 0.15) is 23.7 Å². The number of esters is 1. The summed E-state index contributed by atoms with van der Waals surface area (Å²) in [5, 5.41) is 18.0. The molecule has 236 valence electrons. The maximum atomic E-state index is 15.4. The zero-order valence-corrected chi connectivity index (χ0v) is 25.3. The first kappa shape index (κ1) is 32.9. The van der Waals surface area contributed by atoms with Gasteiger partial charge in [-0.2, -0.15) is 10.1 Å². The Hall–Kier alpha value is -4.04. The number of hydrogen-bond donors (Lipinski definition) is 3. The molecule has 4 N–H and O–H groups in total. The number of hydrogen-bond acceptors (Lipinski definition) is 11. The predicted molar refractivity (Wildman–Crippen MR) is 157 cm³/mol. The van der Waals surface area contributed by atoms with Crippen molar-refractivity contribution in [1.82, 2.24) is 14.6 Å². The number of aliphatic hydroxyl groups excluding tert-OH is 1. The van der Waals surface area contributed by atoms with Gasteiger partial charge in [0.2, 0.25) is 5.72 Å². The standard InChI is InChI=1S/C27H33FN7O8P/c1-16(24(37)40-14-26(2,3)4)32-44(39,43-19-11-7-9-17-8-5-6-10-18(17)19)41-15-27(33-34-30)22(36)21(28)23(42-27)35-13-12-20(29)31-25(35)38/h5-13,16,21-23,36H,14-15H2,1-4H3,(H,32,39)(H2,29,31,38)/t16-,21+,22-,23+,27+,44?/m0/s1. The third kappa shape index (κ3) is 7.36. The number of ether oxygens (including phenoxy) is 2. The molecule has 1 aromatic heterocycles. The summed E-state index contributed by atoms with van der Waals surface area (Å²) < 4.78 is 52.7. The number of aliphatic hydroxyl groups is 1. The number of nitrogens with two attached hydrogens (primary N) is 1. The SMILES string of the molecule is C[C@H](NP(=O)(OC[C@@]1(N=[N+]=[N-])O[C@@H](n2ccc(N)nc2=O)[C@H](F)[C@@H]1O)Oc1cccc2ccccc12)C(=O)OCC(C)(C)C. The number of fused-ring (bicyclic) bond motifs is 1. The Morgan fingerprint density at radius 1 is 1.32 bits per heavy atom. The lowest BCUT2D eigenvalue weighted by atomic mass is 9.99. The fourth-order valence-corrected chi connectivity index (χ4v) is 5.79. The molecule has 1 unspecified atom stereocenters. The van der Waals surface area contributed by atoms with Gasteiger partial charge in [0.15, 0.2) is 12.4 Å². The van der Waals surface area contributed by atoms with Crippen LogP contribution >= 0.6 is 7.75 Å². The van der Waals surface area contributed by atoms with E-state index in [9.17, 15) is 24.8 Å². The number of rotatable bonds is 11. The van der Waals surface area contributed by atoms with Gasteiger partial charge in [-0.15, -0.1) is 0 Å². The smallest absolute Gasteiger partial charge is 0.459 e. The van der Waals surface area contributed by atoms with E-state index in [2.05, 4.69) is 20.1 Å². The number of alkyl halides is 1. The van der Waals surface area contributed by atoms with Crippen LogP contribution in [-0.4, -0.2) is 57.9 Å². The second kappa shape index (κ2) is 12.9. The minimum Gasteiger partial charge on any atom is -0.464 e. The number of nitrogens with zero attached hydrogens (tertiary/aromatic N) is 5. The van der Waals surface area contributed by atoms with Crippen molar-refractivity contribution in [3.05, 3.63) is 75.7 Å². The number of nitrogens with one attached hydrogen (secondary N) is 1.